The van der Waals surface area contributed by atoms with Crippen molar-refractivity contribution in [3.05, 3.63) is 39.7 Å². The minimum atomic E-state index is -0.875. The third kappa shape index (κ3) is 4.34. The van der Waals surface area contributed by atoms with Gasteiger partial charge in [0.2, 0.25) is 0 Å². The molecule has 0 saturated heterocycles. The Morgan fingerprint density at radius 1 is 1.35 bits per heavy atom. The van der Waals surface area contributed by atoms with Crippen molar-refractivity contribution in [1.29, 1.82) is 0 Å². The van der Waals surface area contributed by atoms with Crippen LogP contribution in [0.5, 0.6) is 0 Å². The lowest BCUT2D eigenvalue weighted by molar-refractivity contribution is -0.385. The summed E-state index contributed by atoms with van der Waals surface area (Å²) in [5.41, 5.74) is -0.750. The van der Waals surface area contributed by atoms with Crippen molar-refractivity contribution < 1.29 is 24.0 Å². The highest BCUT2D eigenvalue weighted by Gasteiger charge is 2.38. The molecule has 0 radical (unpaired) electrons. The zero-order valence-electron chi connectivity index (χ0n) is 14.1. The molecular weight excluding hydrogens is 345 g/mol. The first-order valence-electron chi connectivity index (χ1n) is 8.54. The number of nitro benzene ring substituents is 1. The Bertz CT molecular complexity index is 731. The molecule has 3 rings (SSSR count). The number of nitro groups is 1. The van der Waals surface area contributed by atoms with Gasteiger partial charge in [0.15, 0.2) is 0 Å². The number of carboxylic acids is 1. The molecule has 0 bridgehead atoms. The van der Waals surface area contributed by atoms with Gasteiger partial charge in [-0.2, -0.15) is 0 Å². The molecule has 26 heavy (non-hydrogen) atoms. The van der Waals surface area contributed by atoms with Gasteiger partial charge in [0, 0.05) is 18.6 Å². The molecule has 2 N–H and O–H groups in total. The minimum Gasteiger partial charge on any atom is -0.480 e. The lowest BCUT2D eigenvalue weighted by Crippen LogP contribution is -2.55. The van der Waals surface area contributed by atoms with Crippen molar-refractivity contribution in [3.8, 4) is 0 Å². The molecule has 2 fully saturated rings. The molecule has 0 aliphatic heterocycles. The van der Waals surface area contributed by atoms with Gasteiger partial charge < -0.3 is 10.4 Å². The Hall–Kier alpha value is -2.55. The molecule has 2 aliphatic rings. The summed E-state index contributed by atoms with van der Waals surface area (Å²) in [5, 5.41) is 22.8. The number of carbonyl (C=O) groups excluding carboxylic acids is 1. The first kappa shape index (κ1) is 18.2. The predicted molar refractivity (Wildman–Crippen MR) is 89.3 cm³/mol. The van der Waals surface area contributed by atoms with Gasteiger partial charge in [-0.05, 0) is 43.7 Å². The van der Waals surface area contributed by atoms with Crippen LogP contribution < -0.4 is 5.32 Å². The number of carbonyl (C=O) groups is 2. The normalized spacial score (nSPS) is 21.9. The van der Waals surface area contributed by atoms with E-state index in [1.165, 1.54) is 0 Å². The lowest BCUT2D eigenvalue weighted by Gasteiger charge is -2.42. The fourth-order valence-electron chi connectivity index (χ4n) is 3.26. The van der Waals surface area contributed by atoms with E-state index >= 15 is 0 Å². The van der Waals surface area contributed by atoms with Gasteiger partial charge in [0.25, 0.3) is 11.6 Å². The quantitative estimate of drug-likeness (QED) is 0.536. The van der Waals surface area contributed by atoms with Crippen LogP contribution in [0, 0.1) is 21.8 Å². The number of hydrogen-bond donors (Lipinski definition) is 2. The monoisotopic (exact) mass is 365 g/mol. The van der Waals surface area contributed by atoms with Crippen LogP contribution in [0.2, 0.25) is 0 Å². The number of carboxylic acid groups (broad SMARTS) is 1. The van der Waals surface area contributed by atoms with E-state index in [1.54, 1.807) is 0 Å². The van der Waals surface area contributed by atoms with Crippen molar-refractivity contribution in [2.75, 3.05) is 13.1 Å². The van der Waals surface area contributed by atoms with Gasteiger partial charge in [-0.25, -0.2) is 4.39 Å². The molecule has 0 atom stereocenters. The predicted octanol–water partition coefficient (Wildman–Crippen LogP) is 1.79. The van der Waals surface area contributed by atoms with Crippen LogP contribution in [0.15, 0.2) is 18.2 Å². The fourth-order valence-corrected chi connectivity index (χ4v) is 3.26. The summed E-state index contributed by atoms with van der Waals surface area (Å²) in [5.74, 6) is -1.71. The number of nitrogens with zero attached hydrogens (tertiary/aromatic N) is 2. The van der Waals surface area contributed by atoms with Gasteiger partial charge in [-0.1, -0.05) is 0 Å². The molecular formula is C17H20FN3O5. The number of hydrogen-bond acceptors (Lipinski definition) is 5. The highest BCUT2D eigenvalue weighted by molar-refractivity contribution is 5.98. The summed E-state index contributed by atoms with van der Waals surface area (Å²) in [6, 6.07) is 2.74. The second kappa shape index (κ2) is 7.36. The van der Waals surface area contributed by atoms with Crippen molar-refractivity contribution >= 4 is 17.6 Å². The van der Waals surface area contributed by atoms with E-state index in [9.17, 15) is 24.1 Å². The van der Waals surface area contributed by atoms with Crippen molar-refractivity contribution in [2.45, 2.75) is 37.8 Å². The van der Waals surface area contributed by atoms with Crippen molar-refractivity contribution in [2.24, 2.45) is 5.92 Å². The van der Waals surface area contributed by atoms with Gasteiger partial charge >= 0.3 is 5.97 Å². The van der Waals surface area contributed by atoms with E-state index in [1.807, 2.05) is 4.90 Å². The van der Waals surface area contributed by atoms with Gasteiger partial charge in [-0.3, -0.25) is 24.6 Å². The van der Waals surface area contributed by atoms with E-state index in [0.29, 0.717) is 18.8 Å². The molecule has 140 valence electrons. The maximum atomic E-state index is 13.2. The maximum Gasteiger partial charge on any atom is 0.317 e. The van der Waals surface area contributed by atoms with Gasteiger partial charge in [0.05, 0.1) is 17.5 Å². The number of aliphatic carboxylic acids is 1. The summed E-state index contributed by atoms with van der Waals surface area (Å²) in [6.07, 6.45) is 3.44. The average molecular weight is 365 g/mol. The summed E-state index contributed by atoms with van der Waals surface area (Å²) in [4.78, 5) is 35.4. The second-order valence-electron chi connectivity index (χ2n) is 6.98. The lowest BCUT2D eigenvalue weighted by atomic mass is 9.85. The third-order valence-corrected chi connectivity index (χ3v) is 4.89. The Labute approximate surface area is 149 Å². The molecule has 8 nitrogen and oxygen atoms in total. The molecule has 1 amide bonds. The topological polar surface area (TPSA) is 113 Å². The van der Waals surface area contributed by atoms with Crippen LogP contribution in [0.3, 0.4) is 0 Å². The first-order valence-corrected chi connectivity index (χ1v) is 8.54. The minimum absolute atomic E-state index is 0.0226. The fraction of sp³-hybridized carbons (Fsp3) is 0.529. The Morgan fingerprint density at radius 3 is 2.62 bits per heavy atom. The summed E-state index contributed by atoms with van der Waals surface area (Å²) in [7, 11) is 0. The SMILES string of the molecule is O=C(O)CN(CC1CC1)C1CC(NC(=O)c2ccc(F)cc2[N+](=O)[O-])C1. The number of amides is 1. The number of nitrogens with one attached hydrogen (secondary N) is 1. The molecule has 2 saturated carbocycles. The number of halogens is 1. The summed E-state index contributed by atoms with van der Waals surface area (Å²) >= 11 is 0. The van der Waals surface area contributed by atoms with Crippen molar-refractivity contribution in [3.63, 3.8) is 0 Å². The van der Waals surface area contributed by atoms with E-state index in [4.69, 9.17) is 5.11 Å². The van der Waals surface area contributed by atoms with E-state index < -0.39 is 28.3 Å². The second-order valence-corrected chi connectivity index (χ2v) is 6.98. The molecule has 0 aromatic heterocycles. The molecule has 9 heteroatoms. The van der Waals surface area contributed by atoms with Crippen LogP contribution in [0.4, 0.5) is 10.1 Å². The van der Waals surface area contributed by atoms with Crippen LogP contribution in [-0.4, -0.2) is 52.0 Å². The zero-order chi connectivity index (χ0) is 18.8. The average Bonchev–Trinajstić information content (AvgIpc) is 3.33. The van der Waals surface area contributed by atoms with E-state index in [2.05, 4.69) is 5.32 Å². The van der Waals surface area contributed by atoms with Crippen LogP contribution >= 0.6 is 0 Å². The standard InChI is InChI=1S/C17H20FN3O5/c18-11-3-4-14(15(5-11)21(25)26)17(24)19-12-6-13(7-12)20(9-16(22)23)8-10-1-2-10/h3-5,10,12-13H,1-2,6-9H2,(H,19,24)(H,22,23). The highest BCUT2D eigenvalue weighted by atomic mass is 19.1. The number of benzene rings is 1. The number of rotatable bonds is 8. The molecule has 2 aliphatic carbocycles. The molecule has 0 unspecified atom stereocenters. The van der Waals surface area contributed by atoms with Crippen LogP contribution in [0.1, 0.15) is 36.0 Å². The zero-order valence-corrected chi connectivity index (χ0v) is 14.1. The molecule has 1 aromatic rings. The van der Waals surface area contributed by atoms with Crippen molar-refractivity contribution in [1.82, 2.24) is 10.2 Å². The van der Waals surface area contributed by atoms with Crippen LogP contribution in [-0.2, 0) is 4.79 Å². The van der Waals surface area contributed by atoms with E-state index in [0.717, 1.165) is 37.6 Å². The molecule has 0 spiro atoms. The molecule has 0 heterocycles. The first-order chi connectivity index (χ1) is 12.3. The Balaban J connectivity index is 1.57. The van der Waals surface area contributed by atoms with E-state index in [-0.39, 0.29) is 24.2 Å². The van der Waals surface area contributed by atoms with Crippen LogP contribution in [0.25, 0.3) is 0 Å². The molecule has 1 aromatic carbocycles. The Kier molecular flexibility index (Phi) is 5.17. The van der Waals surface area contributed by atoms with Gasteiger partial charge in [0.1, 0.15) is 11.4 Å². The summed E-state index contributed by atoms with van der Waals surface area (Å²) in [6.45, 7) is 0.729. The smallest absolute Gasteiger partial charge is 0.317 e. The summed E-state index contributed by atoms with van der Waals surface area (Å²) < 4.78 is 13.2. The maximum absolute atomic E-state index is 13.2. The Morgan fingerprint density at radius 2 is 2.04 bits per heavy atom. The van der Waals surface area contributed by atoms with Gasteiger partial charge in [-0.15, -0.1) is 0 Å². The highest BCUT2D eigenvalue weighted by Crippen LogP contribution is 2.34. The third-order valence-electron chi connectivity index (χ3n) is 4.89. The largest absolute Gasteiger partial charge is 0.480 e.